The van der Waals surface area contributed by atoms with Crippen LogP contribution in [0.3, 0.4) is 0 Å². The molecule has 0 aliphatic rings. The molecule has 0 unspecified atom stereocenters. The average Bonchev–Trinajstić information content (AvgIpc) is 3.17. The molecular weight excluding hydrogens is 496 g/mol. The monoisotopic (exact) mass is 513 g/mol. The topological polar surface area (TPSA) is 63.5 Å². The van der Waals surface area contributed by atoms with Crippen LogP contribution in [0.4, 0.5) is 4.39 Å². The number of imidazole rings is 1. The molecular formula is C23H17FIN3O2. The molecule has 1 N–H and O–H groups in total. The normalized spacial score (nSPS) is 10.9. The van der Waals surface area contributed by atoms with Crippen molar-refractivity contribution in [3.05, 3.63) is 105 Å². The average molecular weight is 513 g/mol. The number of nitrogens with zero attached hydrogens (tertiary/aromatic N) is 2. The number of carbonyl (C=O) groups is 2. The molecule has 30 heavy (non-hydrogen) atoms. The zero-order valence-corrected chi connectivity index (χ0v) is 18.0. The lowest BCUT2D eigenvalue weighted by molar-refractivity contribution is 0.0947. The maximum absolute atomic E-state index is 14.4. The minimum absolute atomic E-state index is 0.162. The van der Waals surface area contributed by atoms with Crippen molar-refractivity contribution >= 4 is 39.9 Å². The third-order valence-electron chi connectivity index (χ3n) is 4.71. The standard InChI is InChI=1S/C23H17FIN3O2/c24-19-8-6-16(23(30)27-12-15-4-2-1-3-5-15)10-17(19)11-21(29)20-13-26-22-9-7-18(25)14-28(20)22/h1-10,13-14H,11-12H2,(H,27,30). The lowest BCUT2D eigenvalue weighted by Crippen LogP contribution is -2.23. The third kappa shape index (κ3) is 4.40. The minimum Gasteiger partial charge on any atom is -0.348 e. The van der Waals surface area contributed by atoms with Crippen molar-refractivity contribution in [2.24, 2.45) is 0 Å². The summed E-state index contributed by atoms with van der Waals surface area (Å²) in [6.45, 7) is 0.367. The van der Waals surface area contributed by atoms with E-state index in [0.717, 1.165) is 9.13 Å². The predicted octanol–water partition coefficient (Wildman–Crippen LogP) is 4.43. The van der Waals surface area contributed by atoms with Gasteiger partial charge in [0.05, 0.1) is 6.20 Å². The highest BCUT2D eigenvalue weighted by molar-refractivity contribution is 14.1. The van der Waals surface area contributed by atoms with Gasteiger partial charge in [0.1, 0.15) is 17.2 Å². The predicted molar refractivity (Wildman–Crippen MR) is 120 cm³/mol. The van der Waals surface area contributed by atoms with E-state index in [1.807, 2.05) is 42.5 Å². The van der Waals surface area contributed by atoms with Crippen LogP contribution >= 0.6 is 22.6 Å². The molecule has 1 amide bonds. The van der Waals surface area contributed by atoms with Crippen LogP contribution in [0, 0.1) is 9.39 Å². The molecule has 0 aliphatic carbocycles. The molecule has 0 fully saturated rings. The van der Waals surface area contributed by atoms with Gasteiger partial charge < -0.3 is 5.32 Å². The Bertz CT molecular complexity index is 1240. The van der Waals surface area contributed by atoms with Gasteiger partial charge in [-0.1, -0.05) is 30.3 Å². The Hall–Kier alpha value is -3.07. The van der Waals surface area contributed by atoms with E-state index in [-0.39, 0.29) is 23.7 Å². The maximum Gasteiger partial charge on any atom is 0.251 e. The van der Waals surface area contributed by atoms with Gasteiger partial charge in [0, 0.05) is 28.3 Å². The molecule has 150 valence electrons. The molecule has 4 aromatic rings. The van der Waals surface area contributed by atoms with Crippen LogP contribution in [0.2, 0.25) is 0 Å². The second kappa shape index (κ2) is 8.74. The summed E-state index contributed by atoms with van der Waals surface area (Å²) in [5.41, 5.74) is 2.47. The molecule has 2 heterocycles. The minimum atomic E-state index is -0.522. The molecule has 0 radical (unpaired) electrons. The highest BCUT2D eigenvalue weighted by atomic mass is 127. The lowest BCUT2D eigenvalue weighted by Gasteiger charge is -2.08. The largest absolute Gasteiger partial charge is 0.348 e. The molecule has 2 aromatic carbocycles. The Labute approximate surface area is 186 Å². The van der Waals surface area contributed by atoms with Crippen molar-refractivity contribution in [3.8, 4) is 0 Å². The molecule has 2 aromatic heterocycles. The quantitative estimate of drug-likeness (QED) is 0.307. The van der Waals surface area contributed by atoms with Crippen molar-refractivity contribution < 1.29 is 14.0 Å². The van der Waals surface area contributed by atoms with Gasteiger partial charge in [0.25, 0.3) is 5.91 Å². The van der Waals surface area contributed by atoms with Crippen molar-refractivity contribution in [1.82, 2.24) is 14.7 Å². The van der Waals surface area contributed by atoms with E-state index in [0.29, 0.717) is 23.4 Å². The number of hydrogen-bond acceptors (Lipinski definition) is 3. The zero-order chi connectivity index (χ0) is 21.1. The Balaban J connectivity index is 1.52. The third-order valence-corrected chi connectivity index (χ3v) is 5.35. The van der Waals surface area contributed by atoms with Crippen molar-refractivity contribution in [2.75, 3.05) is 0 Å². The Morgan fingerprint density at radius 3 is 2.67 bits per heavy atom. The molecule has 0 atom stereocenters. The van der Waals surface area contributed by atoms with Crippen LogP contribution in [0.15, 0.2) is 73.1 Å². The van der Waals surface area contributed by atoms with E-state index in [9.17, 15) is 14.0 Å². The second-order valence-corrected chi connectivity index (χ2v) is 8.04. The number of benzene rings is 2. The van der Waals surface area contributed by atoms with Crippen molar-refractivity contribution in [3.63, 3.8) is 0 Å². The first kappa shape index (κ1) is 20.2. The summed E-state index contributed by atoms with van der Waals surface area (Å²) in [6.07, 6.45) is 3.13. The molecule has 5 nitrogen and oxygen atoms in total. The van der Waals surface area contributed by atoms with E-state index < -0.39 is 5.82 Å². The maximum atomic E-state index is 14.4. The lowest BCUT2D eigenvalue weighted by atomic mass is 10.0. The van der Waals surface area contributed by atoms with Gasteiger partial charge in [-0.2, -0.15) is 0 Å². The van der Waals surface area contributed by atoms with Gasteiger partial charge in [0.2, 0.25) is 0 Å². The number of rotatable bonds is 6. The number of carbonyl (C=O) groups excluding carboxylic acids is 2. The summed E-state index contributed by atoms with van der Waals surface area (Å²) >= 11 is 2.15. The van der Waals surface area contributed by atoms with Crippen LogP contribution in [0.1, 0.15) is 32.0 Å². The number of Topliss-reactive ketones (excluding diaryl/α,β-unsaturated/α-hetero) is 1. The SMILES string of the molecule is O=C(NCc1ccccc1)c1ccc(F)c(CC(=O)c2cnc3ccc(I)cn23)c1. The van der Waals surface area contributed by atoms with Gasteiger partial charge in [-0.15, -0.1) is 0 Å². The first-order chi connectivity index (χ1) is 14.5. The Morgan fingerprint density at radius 1 is 1.07 bits per heavy atom. The Kier molecular flexibility index (Phi) is 5.89. The number of pyridine rings is 1. The van der Waals surface area contributed by atoms with Gasteiger partial charge in [-0.05, 0) is 64.0 Å². The zero-order valence-electron chi connectivity index (χ0n) is 15.8. The van der Waals surface area contributed by atoms with Gasteiger partial charge in [0.15, 0.2) is 5.78 Å². The van der Waals surface area contributed by atoms with E-state index >= 15 is 0 Å². The number of aromatic nitrogens is 2. The molecule has 0 saturated carbocycles. The summed E-state index contributed by atoms with van der Waals surface area (Å²) in [4.78, 5) is 29.5. The Morgan fingerprint density at radius 2 is 1.87 bits per heavy atom. The smallest absolute Gasteiger partial charge is 0.251 e. The van der Waals surface area contributed by atoms with Gasteiger partial charge >= 0.3 is 0 Å². The summed E-state index contributed by atoms with van der Waals surface area (Å²) < 4.78 is 17.0. The van der Waals surface area contributed by atoms with Crippen molar-refractivity contribution in [1.29, 1.82) is 0 Å². The van der Waals surface area contributed by atoms with Crippen LogP contribution < -0.4 is 5.32 Å². The number of fused-ring (bicyclic) bond motifs is 1. The molecule has 0 saturated heterocycles. The van der Waals surface area contributed by atoms with Crippen LogP contribution in [-0.2, 0) is 13.0 Å². The summed E-state index contributed by atoms with van der Waals surface area (Å²) in [7, 11) is 0. The summed E-state index contributed by atoms with van der Waals surface area (Å²) in [5.74, 6) is -1.12. The number of halogens is 2. The van der Waals surface area contributed by atoms with Gasteiger partial charge in [-0.3, -0.25) is 14.0 Å². The second-order valence-electron chi connectivity index (χ2n) is 6.79. The molecule has 0 bridgehead atoms. The number of hydrogen-bond donors (Lipinski definition) is 1. The van der Waals surface area contributed by atoms with Gasteiger partial charge in [-0.25, -0.2) is 9.37 Å². The highest BCUT2D eigenvalue weighted by Crippen LogP contribution is 2.17. The van der Waals surface area contributed by atoms with E-state index in [2.05, 4.69) is 32.9 Å². The first-order valence-electron chi connectivity index (χ1n) is 9.27. The van der Waals surface area contributed by atoms with Crippen molar-refractivity contribution in [2.45, 2.75) is 13.0 Å². The highest BCUT2D eigenvalue weighted by Gasteiger charge is 2.17. The number of nitrogens with one attached hydrogen (secondary N) is 1. The van der Waals surface area contributed by atoms with E-state index in [4.69, 9.17) is 0 Å². The fraction of sp³-hybridized carbons (Fsp3) is 0.0870. The number of ketones is 1. The van der Waals surface area contributed by atoms with Crippen LogP contribution in [0.25, 0.3) is 5.65 Å². The van der Waals surface area contributed by atoms with E-state index in [1.54, 1.807) is 10.6 Å². The van der Waals surface area contributed by atoms with Crippen LogP contribution in [-0.4, -0.2) is 21.1 Å². The molecule has 0 aliphatic heterocycles. The molecule has 4 rings (SSSR count). The molecule has 7 heteroatoms. The first-order valence-corrected chi connectivity index (χ1v) is 10.4. The fourth-order valence-electron chi connectivity index (χ4n) is 3.16. The number of amides is 1. The molecule has 0 spiro atoms. The summed E-state index contributed by atoms with van der Waals surface area (Å²) in [6, 6.07) is 17.3. The summed E-state index contributed by atoms with van der Waals surface area (Å²) in [5, 5.41) is 2.81. The van der Waals surface area contributed by atoms with Crippen LogP contribution in [0.5, 0.6) is 0 Å². The fourth-order valence-corrected chi connectivity index (χ4v) is 3.61. The van der Waals surface area contributed by atoms with E-state index in [1.165, 1.54) is 24.4 Å².